The molecule has 0 aliphatic heterocycles. The summed E-state index contributed by atoms with van der Waals surface area (Å²) in [5, 5.41) is 0.828. The number of allylic oxidation sites excluding steroid dienone is 2. The zero-order valence-electron chi connectivity index (χ0n) is 22.5. The predicted octanol–water partition coefficient (Wildman–Crippen LogP) is 6.45. The summed E-state index contributed by atoms with van der Waals surface area (Å²) in [6, 6.07) is 6.02. The molecule has 0 radical (unpaired) electrons. The van der Waals surface area contributed by atoms with Crippen molar-refractivity contribution in [2.24, 2.45) is 5.92 Å². The molecular weight excluding hydrogens is 438 g/mol. The highest BCUT2D eigenvalue weighted by Gasteiger charge is 2.23. The molecule has 1 aromatic rings. The highest BCUT2D eigenvalue weighted by molar-refractivity contribution is 6.38. The molecule has 1 rings (SSSR count). The van der Waals surface area contributed by atoms with Crippen LogP contribution in [0.1, 0.15) is 66.5 Å². The molecule has 188 valence electrons. The number of benzene rings is 1. The molecule has 0 saturated carbocycles. The fourth-order valence-corrected chi connectivity index (χ4v) is 2.13. The van der Waals surface area contributed by atoms with Crippen LogP contribution in [0.15, 0.2) is 43.0 Å². The van der Waals surface area contributed by atoms with Gasteiger partial charge in [0.05, 0.1) is 5.92 Å². The topological polar surface area (TPSA) is 71.5 Å². The van der Waals surface area contributed by atoms with Gasteiger partial charge in [-0.25, -0.2) is 0 Å². The van der Waals surface area contributed by atoms with Crippen molar-refractivity contribution in [1.82, 2.24) is 4.90 Å². The minimum Gasteiger partial charge on any atom is -0.349 e. The van der Waals surface area contributed by atoms with Gasteiger partial charge in [-0.3, -0.25) is 19.2 Å². The third-order valence-electron chi connectivity index (χ3n) is 4.01. The Hall–Kier alpha value is -2.53. The van der Waals surface area contributed by atoms with Crippen LogP contribution in [-0.2, 0) is 25.6 Å². The average Bonchev–Trinajstić information content (AvgIpc) is 2.77. The molecule has 0 heterocycles. The average molecular weight is 482 g/mol. The maximum Gasteiger partial charge on any atom is 0.218 e. The highest BCUT2D eigenvalue weighted by Crippen LogP contribution is 2.15. The molecule has 0 fully saturated rings. The summed E-state index contributed by atoms with van der Waals surface area (Å²) in [6.45, 7) is 23.0. The van der Waals surface area contributed by atoms with Crippen molar-refractivity contribution in [1.29, 1.82) is 0 Å². The lowest BCUT2D eigenvalue weighted by molar-refractivity contribution is -0.136. The Morgan fingerprint density at radius 3 is 1.67 bits per heavy atom. The number of nitrogens with zero attached hydrogens (tertiary/aromatic N) is 1. The molecule has 0 aliphatic rings. The molecule has 1 atom stereocenters. The van der Waals surface area contributed by atoms with Gasteiger partial charge in [-0.15, -0.1) is 6.58 Å². The third kappa shape index (κ3) is 18.7. The van der Waals surface area contributed by atoms with Crippen LogP contribution in [0.2, 0.25) is 5.02 Å². The largest absolute Gasteiger partial charge is 0.349 e. The van der Waals surface area contributed by atoms with Gasteiger partial charge < -0.3 is 4.90 Å². The van der Waals surface area contributed by atoms with Crippen molar-refractivity contribution >= 4 is 34.9 Å². The second-order valence-corrected chi connectivity index (χ2v) is 6.99. The lowest BCUT2D eigenvalue weighted by atomic mass is 9.91. The molecule has 1 amide bonds. The molecule has 5 nitrogen and oxygen atoms in total. The highest BCUT2D eigenvalue weighted by atomic mass is 35.5. The molecule has 6 heteroatoms. The first-order valence-electron chi connectivity index (χ1n) is 11.1. The van der Waals surface area contributed by atoms with Crippen LogP contribution in [0.4, 0.5) is 0 Å². The molecule has 1 unspecified atom stereocenters. The van der Waals surface area contributed by atoms with E-state index in [1.165, 1.54) is 36.0 Å². The van der Waals surface area contributed by atoms with E-state index in [-0.39, 0.29) is 17.3 Å². The summed E-state index contributed by atoms with van der Waals surface area (Å²) in [5.41, 5.74) is 2.77. The molecule has 0 bridgehead atoms. The van der Waals surface area contributed by atoms with E-state index in [1.54, 1.807) is 14.1 Å². The summed E-state index contributed by atoms with van der Waals surface area (Å²) in [7, 11) is 3.45. The molecule has 0 aromatic heterocycles. The number of aryl methyl sites for hydroxylation is 2. The maximum atomic E-state index is 11.2. The smallest absolute Gasteiger partial charge is 0.218 e. The van der Waals surface area contributed by atoms with Crippen molar-refractivity contribution in [3.05, 3.63) is 59.2 Å². The van der Waals surface area contributed by atoms with Gasteiger partial charge in [0.1, 0.15) is 0 Å². The predicted molar refractivity (Wildman–Crippen MR) is 142 cm³/mol. The van der Waals surface area contributed by atoms with Crippen molar-refractivity contribution in [3.8, 4) is 0 Å². The van der Waals surface area contributed by atoms with Crippen LogP contribution in [0, 0.1) is 12.8 Å². The SMILES string of the molecule is C=CC(C(=C)C(C)=O)C(=O)C(C)=O.CC.CC.CC(=O)N(C)C.CCc1ccc(Cl)cc1C. The summed E-state index contributed by atoms with van der Waals surface area (Å²) in [5.74, 6) is -2.31. The Balaban J connectivity index is -0.000000186. The number of ketones is 3. The third-order valence-corrected chi connectivity index (χ3v) is 4.24. The fourth-order valence-electron chi connectivity index (χ4n) is 1.90. The summed E-state index contributed by atoms with van der Waals surface area (Å²) < 4.78 is 0. The minimum absolute atomic E-state index is 0.0926. The van der Waals surface area contributed by atoms with Gasteiger partial charge in [0.15, 0.2) is 11.6 Å². The van der Waals surface area contributed by atoms with Crippen LogP contribution < -0.4 is 0 Å². The van der Waals surface area contributed by atoms with Crippen molar-refractivity contribution < 1.29 is 19.2 Å². The molecule has 0 saturated heterocycles. The number of hydrogen-bond acceptors (Lipinski definition) is 4. The lowest BCUT2D eigenvalue weighted by Crippen LogP contribution is -2.23. The Labute approximate surface area is 206 Å². The Kier molecular flexibility index (Phi) is 25.9. The molecule has 1 aromatic carbocycles. The van der Waals surface area contributed by atoms with Crippen molar-refractivity contribution in [2.45, 2.75) is 68.7 Å². The number of carbonyl (C=O) groups excluding carboxylic acids is 4. The summed E-state index contributed by atoms with van der Waals surface area (Å²) in [6.07, 6.45) is 2.34. The first-order chi connectivity index (χ1) is 15.3. The molecule has 0 spiro atoms. The van der Waals surface area contributed by atoms with Gasteiger partial charge in [0.25, 0.3) is 0 Å². The van der Waals surface area contributed by atoms with Crippen molar-refractivity contribution in [2.75, 3.05) is 14.1 Å². The monoisotopic (exact) mass is 481 g/mol. The van der Waals surface area contributed by atoms with Gasteiger partial charge in [-0.2, -0.15) is 0 Å². The normalized spacial score (nSPS) is 9.33. The first kappa shape index (κ1) is 37.8. The first-order valence-corrected chi connectivity index (χ1v) is 11.5. The van der Waals surface area contributed by atoms with Gasteiger partial charge >= 0.3 is 0 Å². The Morgan fingerprint density at radius 2 is 1.42 bits per heavy atom. The van der Waals surface area contributed by atoms with Crippen LogP contribution >= 0.6 is 11.6 Å². The second-order valence-electron chi connectivity index (χ2n) is 6.55. The van der Waals surface area contributed by atoms with E-state index >= 15 is 0 Å². The number of Topliss-reactive ketones (excluding diaryl/α,β-unsaturated/α-hetero) is 3. The number of carbonyl (C=O) groups is 4. The van der Waals surface area contributed by atoms with Gasteiger partial charge in [0.2, 0.25) is 11.7 Å². The summed E-state index contributed by atoms with van der Waals surface area (Å²) >= 11 is 5.77. The van der Waals surface area contributed by atoms with E-state index in [4.69, 9.17) is 11.6 Å². The van der Waals surface area contributed by atoms with E-state index in [2.05, 4.69) is 33.1 Å². The number of hydrogen-bond donors (Lipinski definition) is 0. The fraction of sp³-hybridized carbons (Fsp3) is 0.481. The van der Waals surface area contributed by atoms with Crippen LogP contribution in [0.25, 0.3) is 0 Å². The molecule has 33 heavy (non-hydrogen) atoms. The molecule has 0 aliphatic carbocycles. The Bertz CT molecular complexity index is 741. The molecule has 0 N–H and O–H groups in total. The quantitative estimate of drug-likeness (QED) is 0.266. The summed E-state index contributed by atoms with van der Waals surface area (Å²) in [4.78, 5) is 44.4. The number of halogens is 1. The zero-order valence-corrected chi connectivity index (χ0v) is 23.2. The molecular formula is C27H44ClNO4. The minimum atomic E-state index is -0.866. The van der Waals surface area contributed by atoms with Gasteiger partial charge in [-0.05, 0) is 43.5 Å². The van der Waals surface area contributed by atoms with Crippen LogP contribution in [0.5, 0.6) is 0 Å². The standard InChI is InChI=1S/C10H12O3.C9H11Cl.C4H9NO.2C2H6/c1-5-9(6(2)7(3)11)10(13)8(4)12;1-3-8-4-5-9(10)6-7(8)2;1-4(6)5(2)3;2*1-2/h5,9H,1-2H2,3-4H3;4-6H,3H2,1-2H3;1-3H3;2*1-2H3. The van der Waals surface area contributed by atoms with Gasteiger partial charge in [0, 0.05) is 38.5 Å². The Morgan fingerprint density at radius 1 is 1.00 bits per heavy atom. The zero-order chi connectivity index (χ0) is 27.3. The van der Waals surface area contributed by atoms with E-state index in [1.807, 2.05) is 39.8 Å². The van der Waals surface area contributed by atoms with E-state index in [0.29, 0.717) is 0 Å². The van der Waals surface area contributed by atoms with Gasteiger partial charge in [-0.1, -0.05) is 64.9 Å². The van der Waals surface area contributed by atoms with Crippen LogP contribution in [0.3, 0.4) is 0 Å². The lowest BCUT2D eigenvalue weighted by Gasteiger charge is -2.09. The van der Waals surface area contributed by atoms with E-state index in [0.717, 1.165) is 18.4 Å². The van der Waals surface area contributed by atoms with Crippen molar-refractivity contribution in [3.63, 3.8) is 0 Å². The van der Waals surface area contributed by atoms with Crippen LogP contribution in [-0.4, -0.2) is 42.3 Å². The van der Waals surface area contributed by atoms with E-state index < -0.39 is 17.5 Å². The second kappa shape index (κ2) is 22.7. The maximum absolute atomic E-state index is 11.2. The number of amides is 1. The van der Waals surface area contributed by atoms with E-state index in [9.17, 15) is 19.2 Å². The number of rotatable bonds is 6.